The lowest BCUT2D eigenvalue weighted by Gasteiger charge is -2.32. The molecular weight excluding hydrogens is 242 g/mol. The van der Waals surface area contributed by atoms with Gasteiger partial charge in [-0.2, -0.15) is 0 Å². The molecular formula is C12H12ClNO3. The van der Waals surface area contributed by atoms with Gasteiger partial charge in [0.05, 0.1) is 0 Å². The third-order valence-electron chi connectivity index (χ3n) is 2.82. The molecule has 2 rings (SSSR count). The van der Waals surface area contributed by atoms with Gasteiger partial charge >= 0.3 is 5.97 Å². The van der Waals surface area contributed by atoms with Crippen LogP contribution < -0.4 is 4.90 Å². The van der Waals surface area contributed by atoms with E-state index in [1.165, 1.54) is 4.90 Å². The van der Waals surface area contributed by atoms with Gasteiger partial charge in [-0.15, -0.1) is 0 Å². The molecule has 1 aliphatic rings. The first-order valence-electron chi connectivity index (χ1n) is 5.40. The van der Waals surface area contributed by atoms with E-state index in [1.807, 2.05) is 0 Å². The number of hydrogen-bond acceptors (Lipinski definition) is 2. The monoisotopic (exact) mass is 253 g/mol. The molecule has 1 heterocycles. The van der Waals surface area contributed by atoms with Crippen LogP contribution in [0.3, 0.4) is 0 Å². The van der Waals surface area contributed by atoms with Gasteiger partial charge in [-0.05, 0) is 31.0 Å². The summed E-state index contributed by atoms with van der Waals surface area (Å²) < 4.78 is 0. The molecule has 1 fully saturated rings. The Morgan fingerprint density at radius 2 is 2.24 bits per heavy atom. The fraction of sp³-hybridized carbons (Fsp3) is 0.333. The fourth-order valence-electron chi connectivity index (χ4n) is 2.05. The van der Waals surface area contributed by atoms with E-state index >= 15 is 0 Å². The summed E-state index contributed by atoms with van der Waals surface area (Å²) >= 11 is 5.85. The molecule has 1 aromatic carbocycles. The molecule has 0 spiro atoms. The minimum atomic E-state index is -0.974. The Morgan fingerprint density at radius 1 is 1.47 bits per heavy atom. The number of nitrogens with zero attached hydrogens (tertiary/aromatic N) is 1. The summed E-state index contributed by atoms with van der Waals surface area (Å²) in [6, 6.07) is 5.93. The van der Waals surface area contributed by atoms with Gasteiger partial charge in [-0.25, -0.2) is 4.79 Å². The van der Waals surface area contributed by atoms with Crippen molar-refractivity contribution in [2.75, 3.05) is 4.90 Å². The van der Waals surface area contributed by atoms with Crippen molar-refractivity contribution < 1.29 is 14.7 Å². The van der Waals surface area contributed by atoms with E-state index in [1.54, 1.807) is 24.3 Å². The number of rotatable bonds is 2. The Bertz CT molecular complexity index is 461. The zero-order valence-electron chi connectivity index (χ0n) is 9.10. The number of amides is 1. The number of benzene rings is 1. The molecule has 0 aliphatic carbocycles. The summed E-state index contributed by atoms with van der Waals surface area (Å²) in [5.74, 6) is -1.14. The number of aliphatic carboxylic acids is 1. The molecule has 0 aromatic heterocycles. The molecule has 4 nitrogen and oxygen atoms in total. The van der Waals surface area contributed by atoms with Crippen LogP contribution in [0.4, 0.5) is 5.69 Å². The number of anilines is 1. The maximum absolute atomic E-state index is 11.8. The summed E-state index contributed by atoms with van der Waals surface area (Å²) in [6.07, 6.45) is 1.48. The van der Waals surface area contributed by atoms with E-state index < -0.39 is 12.0 Å². The number of piperidine rings is 1. The zero-order chi connectivity index (χ0) is 12.4. The molecule has 0 radical (unpaired) electrons. The van der Waals surface area contributed by atoms with Gasteiger partial charge in [0.2, 0.25) is 5.91 Å². The highest BCUT2D eigenvalue weighted by atomic mass is 35.5. The quantitative estimate of drug-likeness (QED) is 0.880. The molecule has 0 saturated carbocycles. The molecule has 1 aliphatic heterocycles. The average molecular weight is 254 g/mol. The van der Waals surface area contributed by atoms with Gasteiger partial charge in [0.1, 0.15) is 6.04 Å². The SMILES string of the molecule is O=C(O)C1CCCC(=O)N1c1cccc(Cl)c1. The number of halogens is 1. The largest absolute Gasteiger partial charge is 0.480 e. The van der Waals surface area contributed by atoms with Gasteiger partial charge < -0.3 is 5.11 Å². The van der Waals surface area contributed by atoms with Gasteiger partial charge in [0.25, 0.3) is 0 Å². The average Bonchev–Trinajstić information content (AvgIpc) is 2.28. The minimum Gasteiger partial charge on any atom is -0.480 e. The van der Waals surface area contributed by atoms with Crippen molar-refractivity contribution in [3.05, 3.63) is 29.3 Å². The van der Waals surface area contributed by atoms with Crippen LogP contribution in [-0.4, -0.2) is 23.0 Å². The molecule has 17 heavy (non-hydrogen) atoms. The number of hydrogen-bond donors (Lipinski definition) is 1. The van der Waals surface area contributed by atoms with Crippen molar-refractivity contribution in [3.8, 4) is 0 Å². The second-order valence-corrected chi connectivity index (χ2v) is 4.43. The van der Waals surface area contributed by atoms with Crippen molar-refractivity contribution in [2.45, 2.75) is 25.3 Å². The second-order valence-electron chi connectivity index (χ2n) is 3.99. The van der Waals surface area contributed by atoms with Crippen LogP contribution >= 0.6 is 11.6 Å². The Morgan fingerprint density at radius 3 is 2.88 bits per heavy atom. The van der Waals surface area contributed by atoms with Crippen LogP contribution in [0.5, 0.6) is 0 Å². The van der Waals surface area contributed by atoms with E-state index in [2.05, 4.69) is 0 Å². The number of carbonyl (C=O) groups excluding carboxylic acids is 1. The molecule has 1 atom stereocenters. The molecule has 1 saturated heterocycles. The molecule has 5 heteroatoms. The Labute approximate surface area is 104 Å². The summed E-state index contributed by atoms with van der Waals surface area (Å²) in [5.41, 5.74) is 0.551. The maximum Gasteiger partial charge on any atom is 0.326 e. The zero-order valence-corrected chi connectivity index (χ0v) is 9.85. The van der Waals surface area contributed by atoms with Crippen molar-refractivity contribution in [3.63, 3.8) is 0 Å². The number of carbonyl (C=O) groups is 2. The van der Waals surface area contributed by atoms with E-state index in [4.69, 9.17) is 16.7 Å². The minimum absolute atomic E-state index is 0.161. The van der Waals surface area contributed by atoms with Crippen molar-refractivity contribution in [1.82, 2.24) is 0 Å². The van der Waals surface area contributed by atoms with Crippen LogP contribution in [0.2, 0.25) is 5.02 Å². The Kier molecular flexibility index (Phi) is 3.33. The van der Waals surface area contributed by atoms with Crippen molar-refractivity contribution in [2.24, 2.45) is 0 Å². The van der Waals surface area contributed by atoms with Gasteiger partial charge in [-0.1, -0.05) is 17.7 Å². The predicted molar refractivity (Wildman–Crippen MR) is 64.2 cm³/mol. The highest BCUT2D eigenvalue weighted by molar-refractivity contribution is 6.31. The standard InChI is InChI=1S/C12H12ClNO3/c13-8-3-1-4-9(7-8)14-10(12(16)17)5-2-6-11(14)15/h1,3-4,7,10H,2,5-6H2,(H,16,17). The topological polar surface area (TPSA) is 57.6 Å². The maximum atomic E-state index is 11.8. The fourth-order valence-corrected chi connectivity index (χ4v) is 2.24. The van der Waals surface area contributed by atoms with Crippen LogP contribution in [0.25, 0.3) is 0 Å². The third-order valence-corrected chi connectivity index (χ3v) is 3.06. The normalized spacial score (nSPS) is 20.4. The molecule has 1 N–H and O–H groups in total. The lowest BCUT2D eigenvalue weighted by Crippen LogP contribution is -2.48. The second kappa shape index (κ2) is 4.75. The van der Waals surface area contributed by atoms with Gasteiger partial charge in [0.15, 0.2) is 0 Å². The third kappa shape index (κ3) is 2.42. The number of carboxylic acid groups (broad SMARTS) is 1. The smallest absolute Gasteiger partial charge is 0.326 e. The highest BCUT2D eigenvalue weighted by Gasteiger charge is 2.34. The predicted octanol–water partition coefficient (Wildman–Crippen LogP) is 2.31. The number of carboxylic acids is 1. The van der Waals surface area contributed by atoms with Crippen LogP contribution in [0.15, 0.2) is 24.3 Å². The van der Waals surface area contributed by atoms with E-state index in [0.717, 1.165) is 0 Å². The van der Waals surface area contributed by atoms with Crippen LogP contribution in [0.1, 0.15) is 19.3 Å². The van der Waals surface area contributed by atoms with Gasteiger partial charge in [-0.3, -0.25) is 9.69 Å². The first-order chi connectivity index (χ1) is 8.09. The van der Waals surface area contributed by atoms with Crippen LogP contribution in [0, 0.1) is 0 Å². The summed E-state index contributed by atoms with van der Waals surface area (Å²) in [6.45, 7) is 0. The van der Waals surface area contributed by atoms with Crippen molar-refractivity contribution >= 4 is 29.2 Å². The Balaban J connectivity index is 2.38. The van der Waals surface area contributed by atoms with E-state index in [9.17, 15) is 9.59 Å². The summed E-state index contributed by atoms with van der Waals surface area (Å²) in [5, 5.41) is 9.62. The van der Waals surface area contributed by atoms with Crippen LogP contribution in [-0.2, 0) is 9.59 Å². The Hall–Kier alpha value is -1.55. The first kappa shape index (κ1) is 11.9. The van der Waals surface area contributed by atoms with E-state index in [-0.39, 0.29) is 5.91 Å². The summed E-state index contributed by atoms with van der Waals surface area (Å²) in [7, 11) is 0. The first-order valence-corrected chi connectivity index (χ1v) is 5.78. The lowest BCUT2D eigenvalue weighted by atomic mass is 10.0. The molecule has 0 bridgehead atoms. The molecule has 1 unspecified atom stereocenters. The molecule has 90 valence electrons. The molecule has 1 amide bonds. The lowest BCUT2D eigenvalue weighted by molar-refractivity contribution is -0.141. The van der Waals surface area contributed by atoms with E-state index in [0.29, 0.717) is 30.0 Å². The molecule has 1 aromatic rings. The van der Waals surface area contributed by atoms with Crippen molar-refractivity contribution in [1.29, 1.82) is 0 Å². The van der Waals surface area contributed by atoms with Gasteiger partial charge in [0, 0.05) is 17.1 Å². The summed E-state index contributed by atoms with van der Waals surface area (Å²) in [4.78, 5) is 24.3. The highest BCUT2D eigenvalue weighted by Crippen LogP contribution is 2.27.